The van der Waals surface area contributed by atoms with Crippen molar-refractivity contribution in [2.45, 2.75) is 65.2 Å². The molecule has 0 N–H and O–H groups in total. The molecule has 39 heavy (non-hydrogen) atoms. The number of esters is 1. The van der Waals surface area contributed by atoms with Crippen LogP contribution in [-0.2, 0) is 11.2 Å². The molecular weight excluding hydrogens is 494 g/mol. The number of aromatic nitrogens is 1. The van der Waals surface area contributed by atoms with Crippen molar-refractivity contribution in [3.05, 3.63) is 75.4 Å². The quantitative estimate of drug-likeness (QED) is 0.347. The molecule has 3 aliphatic rings. The fourth-order valence-electron chi connectivity index (χ4n) is 6.75. The number of aryl methyl sites for hydroxylation is 1. The van der Waals surface area contributed by atoms with Gasteiger partial charge in [0.05, 0.1) is 19.3 Å². The van der Waals surface area contributed by atoms with Crippen LogP contribution in [0.2, 0.25) is 0 Å². The van der Waals surface area contributed by atoms with E-state index in [1.807, 2.05) is 18.2 Å². The molecule has 5 rings (SSSR count). The van der Waals surface area contributed by atoms with Crippen LogP contribution < -0.4 is 0 Å². The zero-order valence-corrected chi connectivity index (χ0v) is 23.5. The van der Waals surface area contributed by atoms with Gasteiger partial charge in [0.25, 0.3) is 0 Å². The molecular formula is C33H40F2N2O2. The minimum atomic E-state index is -0.359. The zero-order chi connectivity index (χ0) is 27.6. The number of fused-ring (bicyclic) bond motifs is 1. The summed E-state index contributed by atoms with van der Waals surface area (Å²) in [5.41, 5.74) is 7.42. The van der Waals surface area contributed by atoms with Gasteiger partial charge >= 0.3 is 5.97 Å². The van der Waals surface area contributed by atoms with Crippen LogP contribution >= 0.6 is 0 Å². The van der Waals surface area contributed by atoms with Crippen molar-refractivity contribution in [1.29, 1.82) is 0 Å². The second-order valence-electron chi connectivity index (χ2n) is 12.2. The van der Waals surface area contributed by atoms with Gasteiger partial charge in [-0.1, -0.05) is 38.0 Å². The normalized spacial score (nSPS) is 21.2. The number of carbonyl (C=O) groups excluding carboxylic acids is 1. The largest absolute Gasteiger partial charge is 0.465 e. The molecule has 0 spiro atoms. The Kier molecular flexibility index (Phi) is 8.32. The maximum Gasteiger partial charge on any atom is 0.337 e. The topological polar surface area (TPSA) is 42.4 Å². The summed E-state index contributed by atoms with van der Waals surface area (Å²) in [4.78, 5) is 19.2. The molecule has 6 heteroatoms. The summed E-state index contributed by atoms with van der Waals surface area (Å²) in [6.07, 6.45) is 11.6. The highest BCUT2D eigenvalue weighted by Gasteiger charge is 2.34. The number of allylic oxidation sites excluding steroid dienone is 1. The van der Waals surface area contributed by atoms with Gasteiger partial charge in [-0.2, -0.15) is 0 Å². The maximum absolute atomic E-state index is 16.0. The molecule has 1 saturated carbocycles. The third-order valence-electron chi connectivity index (χ3n) is 8.64. The molecule has 1 aromatic heterocycles. The Balaban J connectivity index is 1.54. The molecule has 4 nitrogen and oxygen atoms in total. The Morgan fingerprint density at radius 1 is 1.21 bits per heavy atom. The first-order valence-corrected chi connectivity index (χ1v) is 14.4. The van der Waals surface area contributed by atoms with Crippen molar-refractivity contribution in [2.24, 2.45) is 11.3 Å². The van der Waals surface area contributed by atoms with E-state index in [1.54, 1.807) is 18.3 Å². The Labute approximate surface area is 231 Å². The van der Waals surface area contributed by atoms with E-state index in [0.29, 0.717) is 23.6 Å². The number of benzene rings is 1. The number of pyridine rings is 1. The van der Waals surface area contributed by atoms with Crippen LogP contribution in [0.3, 0.4) is 0 Å². The van der Waals surface area contributed by atoms with Crippen molar-refractivity contribution in [3.63, 3.8) is 0 Å². The summed E-state index contributed by atoms with van der Waals surface area (Å²) in [5.74, 6) is -0.281. The summed E-state index contributed by atoms with van der Waals surface area (Å²) >= 11 is 0. The van der Waals surface area contributed by atoms with Gasteiger partial charge in [0.15, 0.2) is 0 Å². The molecule has 1 saturated heterocycles. The maximum atomic E-state index is 16.0. The van der Waals surface area contributed by atoms with Gasteiger partial charge in [0.2, 0.25) is 0 Å². The van der Waals surface area contributed by atoms with Crippen LogP contribution in [0.4, 0.5) is 8.78 Å². The van der Waals surface area contributed by atoms with E-state index in [0.717, 1.165) is 74.0 Å². The molecule has 2 heterocycles. The first-order valence-electron chi connectivity index (χ1n) is 14.4. The van der Waals surface area contributed by atoms with E-state index in [2.05, 4.69) is 18.7 Å². The highest BCUT2D eigenvalue weighted by Crippen LogP contribution is 2.47. The summed E-state index contributed by atoms with van der Waals surface area (Å²) in [5, 5.41) is 0. The van der Waals surface area contributed by atoms with Gasteiger partial charge in [0.1, 0.15) is 11.5 Å². The van der Waals surface area contributed by atoms with Crippen LogP contribution in [0.25, 0.3) is 11.6 Å². The lowest BCUT2D eigenvalue weighted by Crippen LogP contribution is -2.40. The number of halogens is 2. The lowest BCUT2D eigenvalue weighted by atomic mass is 9.68. The average molecular weight is 535 g/mol. The predicted molar refractivity (Wildman–Crippen MR) is 152 cm³/mol. The fraction of sp³-hybridized carbons (Fsp3) is 0.515. The Bertz CT molecular complexity index is 1290. The lowest BCUT2D eigenvalue weighted by molar-refractivity contribution is 0.0600. The monoisotopic (exact) mass is 534 g/mol. The lowest BCUT2D eigenvalue weighted by Gasteiger charge is -2.37. The van der Waals surface area contributed by atoms with E-state index in [1.165, 1.54) is 31.1 Å². The standard InChI is InChI=1S/C33H40F2N2O2/c1-33(2)12-5-8-26(18-33)27-9-4-7-24-17-25(32(38)39-3)10-11-28(24)30(27)31-29(35)16-22(19-36-31)15-23-20-37(21-23)14-6-13-34/h10-11,15-17,19,26H,4-9,12-14,18,20-21H2,1-3H3. The van der Waals surface area contributed by atoms with Gasteiger partial charge in [0, 0.05) is 31.4 Å². The summed E-state index contributed by atoms with van der Waals surface area (Å²) < 4.78 is 33.4. The van der Waals surface area contributed by atoms with Gasteiger partial charge in [-0.25, -0.2) is 9.18 Å². The van der Waals surface area contributed by atoms with Crippen LogP contribution in [0.5, 0.6) is 0 Å². The number of ether oxygens (including phenoxy) is 1. The van der Waals surface area contributed by atoms with Crippen molar-refractivity contribution in [2.75, 3.05) is 33.4 Å². The Morgan fingerprint density at radius 3 is 2.74 bits per heavy atom. The Morgan fingerprint density at radius 2 is 2.03 bits per heavy atom. The number of alkyl halides is 1. The van der Waals surface area contributed by atoms with Gasteiger partial charge in [-0.15, -0.1) is 0 Å². The van der Waals surface area contributed by atoms with Crippen LogP contribution in [0.1, 0.15) is 91.5 Å². The van der Waals surface area contributed by atoms with Gasteiger partial charge in [-0.05, 0) is 96.7 Å². The van der Waals surface area contributed by atoms with E-state index in [9.17, 15) is 9.18 Å². The van der Waals surface area contributed by atoms with Crippen molar-refractivity contribution >= 4 is 17.6 Å². The van der Waals surface area contributed by atoms with Crippen LogP contribution in [0.15, 0.2) is 41.6 Å². The summed E-state index contributed by atoms with van der Waals surface area (Å²) in [6.45, 7) is 6.74. The van der Waals surface area contributed by atoms with Crippen molar-refractivity contribution in [1.82, 2.24) is 9.88 Å². The molecule has 2 fully saturated rings. The van der Waals surface area contributed by atoms with Crippen LogP contribution in [0, 0.1) is 17.2 Å². The minimum absolute atomic E-state index is 0.258. The van der Waals surface area contributed by atoms with Crippen molar-refractivity contribution < 1.29 is 18.3 Å². The highest BCUT2D eigenvalue weighted by atomic mass is 19.1. The van der Waals surface area contributed by atoms with Gasteiger partial charge in [-0.3, -0.25) is 14.3 Å². The molecule has 0 amide bonds. The van der Waals surface area contributed by atoms with Gasteiger partial charge < -0.3 is 4.74 Å². The summed E-state index contributed by atoms with van der Waals surface area (Å²) in [7, 11) is 1.39. The molecule has 2 aromatic rings. The van der Waals surface area contributed by atoms with E-state index in [-0.39, 0.29) is 23.9 Å². The fourth-order valence-corrected chi connectivity index (χ4v) is 6.75. The number of hydrogen-bond donors (Lipinski definition) is 0. The number of hydrogen-bond acceptors (Lipinski definition) is 4. The average Bonchev–Trinajstić information content (AvgIpc) is 3.08. The zero-order valence-electron chi connectivity index (χ0n) is 23.5. The number of methoxy groups -OCH3 is 1. The molecule has 2 aliphatic carbocycles. The smallest absolute Gasteiger partial charge is 0.337 e. The molecule has 1 aromatic carbocycles. The minimum Gasteiger partial charge on any atom is -0.465 e. The van der Waals surface area contributed by atoms with E-state index < -0.39 is 0 Å². The summed E-state index contributed by atoms with van der Waals surface area (Å²) in [6, 6.07) is 7.27. The molecule has 1 atom stereocenters. The first-order chi connectivity index (χ1) is 18.8. The van der Waals surface area contributed by atoms with Crippen molar-refractivity contribution in [3.8, 4) is 0 Å². The van der Waals surface area contributed by atoms with E-state index >= 15 is 4.39 Å². The number of likely N-dealkylation sites (tertiary alicyclic amines) is 1. The van der Waals surface area contributed by atoms with E-state index in [4.69, 9.17) is 9.72 Å². The third-order valence-corrected chi connectivity index (χ3v) is 8.64. The molecule has 0 radical (unpaired) electrons. The first kappa shape index (κ1) is 27.7. The second-order valence-corrected chi connectivity index (χ2v) is 12.2. The second kappa shape index (κ2) is 11.7. The predicted octanol–water partition coefficient (Wildman–Crippen LogP) is 7.42. The number of nitrogens with zero attached hydrogens (tertiary/aromatic N) is 2. The number of rotatable bonds is 7. The SMILES string of the molecule is COC(=O)c1ccc2c(c1)CCCC(C1CCCC(C)(C)C1)=C2c1ncc(C=C2CN(CCCF)C2)cc1F. The third kappa shape index (κ3) is 6.16. The molecule has 1 aliphatic heterocycles. The molecule has 208 valence electrons. The number of carbonyl (C=O) groups is 1. The van der Waals surface area contributed by atoms with Crippen LogP contribution in [-0.4, -0.2) is 49.3 Å². The molecule has 0 bridgehead atoms. The Hall–Kier alpha value is -2.86. The molecule has 1 unspecified atom stereocenters. The highest BCUT2D eigenvalue weighted by molar-refractivity contribution is 5.91.